The molecule has 1 aromatic rings. The summed E-state index contributed by atoms with van der Waals surface area (Å²) in [5, 5.41) is 4.46. The van der Waals surface area contributed by atoms with Gasteiger partial charge < -0.3 is 0 Å². The monoisotopic (exact) mass is 238 g/mol. The number of nitrogens with two attached hydrogens (primary N) is 1. The number of aromatic nitrogens is 2. The Kier molecular flexibility index (Phi) is 6.22. The van der Waals surface area contributed by atoms with Crippen molar-refractivity contribution >= 4 is 0 Å². The second-order valence-corrected chi connectivity index (χ2v) is 4.66. The van der Waals surface area contributed by atoms with Crippen LogP contribution in [0.25, 0.3) is 0 Å². The van der Waals surface area contributed by atoms with E-state index in [1.165, 1.54) is 25.0 Å². The number of rotatable bonds is 8. The maximum absolute atomic E-state index is 5.62. The van der Waals surface area contributed by atoms with Gasteiger partial charge >= 0.3 is 0 Å². The number of aryl methyl sites for hydroxylation is 2. The van der Waals surface area contributed by atoms with Gasteiger partial charge in [0.2, 0.25) is 0 Å². The zero-order chi connectivity index (χ0) is 12.7. The van der Waals surface area contributed by atoms with Gasteiger partial charge in [0.05, 0.1) is 5.69 Å². The summed E-state index contributed by atoms with van der Waals surface area (Å²) in [7, 11) is 0. The molecular formula is C13H26N4. The summed E-state index contributed by atoms with van der Waals surface area (Å²) < 4.78 is 2.07. The van der Waals surface area contributed by atoms with Crippen LogP contribution >= 0.6 is 0 Å². The fraction of sp³-hybridized carbons (Fsp3) is 0.769. The van der Waals surface area contributed by atoms with E-state index in [0.717, 1.165) is 25.1 Å². The van der Waals surface area contributed by atoms with E-state index in [9.17, 15) is 0 Å². The van der Waals surface area contributed by atoms with Crippen LogP contribution in [0.3, 0.4) is 0 Å². The molecule has 1 aromatic heterocycles. The predicted octanol–water partition coefficient (Wildman–Crippen LogP) is 2.17. The highest BCUT2D eigenvalue weighted by Crippen LogP contribution is 2.11. The van der Waals surface area contributed by atoms with Crippen LogP contribution in [-0.4, -0.2) is 15.8 Å². The maximum Gasteiger partial charge on any atom is 0.0596 e. The van der Waals surface area contributed by atoms with Gasteiger partial charge in [0.25, 0.3) is 0 Å². The second-order valence-electron chi connectivity index (χ2n) is 4.66. The summed E-state index contributed by atoms with van der Waals surface area (Å²) in [6, 6.07) is 2.52. The Balaban J connectivity index is 2.53. The lowest BCUT2D eigenvalue weighted by atomic mass is 10.0. The first-order valence-corrected chi connectivity index (χ1v) is 6.70. The quantitative estimate of drug-likeness (QED) is 0.414. The molecular weight excluding hydrogens is 212 g/mol. The van der Waals surface area contributed by atoms with Crippen LogP contribution in [-0.2, 0) is 13.0 Å². The summed E-state index contributed by atoms with van der Waals surface area (Å²) in [5.41, 5.74) is 5.30. The third-order valence-corrected chi connectivity index (χ3v) is 3.13. The van der Waals surface area contributed by atoms with Gasteiger partial charge in [-0.3, -0.25) is 16.0 Å². The molecule has 1 rings (SSSR count). The van der Waals surface area contributed by atoms with E-state index in [4.69, 9.17) is 5.84 Å². The molecule has 0 amide bonds. The Morgan fingerprint density at radius 2 is 2.18 bits per heavy atom. The smallest absolute Gasteiger partial charge is 0.0596 e. The molecule has 0 aliphatic rings. The van der Waals surface area contributed by atoms with Gasteiger partial charge in [-0.2, -0.15) is 5.10 Å². The molecule has 0 spiro atoms. The normalized spacial score (nSPS) is 12.9. The molecule has 0 saturated carbocycles. The molecule has 0 bridgehead atoms. The third-order valence-electron chi connectivity index (χ3n) is 3.13. The molecule has 17 heavy (non-hydrogen) atoms. The van der Waals surface area contributed by atoms with Gasteiger partial charge in [0.15, 0.2) is 0 Å². The standard InChI is InChI=1S/C13H26N4/c1-4-6-7-8-12(15-14)10-13-9-11(3)16-17(13)5-2/h9,12,15H,4-8,10,14H2,1-3H3. The van der Waals surface area contributed by atoms with E-state index in [-0.39, 0.29) is 0 Å². The van der Waals surface area contributed by atoms with Crippen molar-refractivity contribution in [1.29, 1.82) is 0 Å². The number of hydrazine groups is 1. The number of nitrogens with one attached hydrogen (secondary N) is 1. The van der Waals surface area contributed by atoms with E-state index in [1.54, 1.807) is 0 Å². The van der Waals surface area contributed by atoms with Crippen LogP contribution in [0.2, 0.25) is 0 Å². The lowest BCUT2D eigenvalue weighted by Gasteiger charge is -2.16. The average Bonchev–Trinajstić information content (AvgIpc) is 2.68. The molecule has 1 atom stereocenters. The van der Waals surface area contributed by atoms with Crippen LogP contribution < -0.4 is 11.3 Å². The highest BCUT2D eigenvalue weighted by atomic mass is 15.3. The molecule has 0 radical (unpaired) electrons. The van der Waals surface area contributed by atoms with Crippen molar-refractivity contribution in [2.75, 3.05) is 0 Å². The van der Waals surface area contributed by atoms with Crippen molar-refractivity contribution in [2.24, 2.45) is 5.84 Å². The van der Waals surface area contributed by atoms with Gasteiger partial charge in [0.1, 0.15) is 0 Å². The fourth-order valence-electron chi connectivity index (χ4n) is 2.17. The molecule has 0 aliphatic heterocycles. The number of unbranched alkanes of at least 4 members (excludes halogenated alkanes) is 2. The molecule has 0 saturated heterocycles. The van der Waals surface area contributed by atoms with E-state index in [0.29, 0.717) is 6.04 Å². The minimum Gasteiger partial charge on any atom is -0.271 e. The van der Waals surface area contributed by atoms with E-state index in [1.807, 2.05) is 6.92 Å². The largest absolute Gasteiger partial charge is 0.271 e. The molecule has 3 N–H and O–H groups in total. The lowest BCUT2D eigenvalue weighted by Crippen LogP contribution is -2.37. The Hall–Kier alpha value is -0.870. The predicted molar refractivity (Wildman–Crippen MR) is 71.6 cm³/mol. The number of hydrogen-bond acceptors (Lipinski definition) is 3. The highest BCUT2D eigenvalue weighted by molar-refractivity contribution is 5.10. The summed E-state index contributed by atoms with van der Waals surface area (Å²) in [6.07, 6.45) is 5.88. The van der Waals surface area contributed by atoms with Crippen molar-refractivity contribution in [1.82, 2.24) is 15.2 Å². The van der Waals surface area contributed by atoms with E-state index >= 15 is 0 Å². The number of nitrogens with zero attached hydrogens (tertiary/aromatic N) is 2. The minimum atomic E-state index is 0.364. The Bertz CT molecular complexity index is 319. The number of hydrogen-bond donors (Lipinski definition) is 2. The van der Waals surface area contributed by atoms with Crippen molar-refractivity contribution in [2.45, 2.75) is 65.5 Å². The zero-order valence-electron chi connectivity index (χ0n) is 11.4. The van der Waals surface area contributed by atoms with Gasteiger partial charge in [-0.1, -0.05) is 26.2 Å². The Labute approximate surface area is 105 Å². The van der Waals surface area contributed by atoms with Gasteiger partial charge in [-0.25, -0.2) is 0 Å². The molecule has 0 aromatic carbocycles. The maximum atomic E-state index is 5.62. The summed E-state index contributed by atoms with van der Waals surface area (Å²) in [6.45, 7) is 7.31. The summed E-state index contributed by atoms with van der Waals surface area (Å²) in [5.74, 6) is 5.62. The molecule has 0 aliphatic carbocycles. The van der Waals surface area contributed by atoms with Crippen molar-refractivity contribution in [3.05, 3.63) is 17.5 Å². The first kappa shape index (κ1) is 14.2. The van der Waals surface area contributed by atoms with E-state index in [2.05, 4.69) is 35.1 Å². The first-order chi connectivity index (χ1) is 8.21. The SMILES string of the molecule is CCCCCC(Cc1cc(C)nn1CC)NN. The Morgan fingerprint density at radius 1 is 1.41 bits per heavy atom. The lowest BCUT2D eigenvalue weighted by molar-refractivity contribution is 0.451. The molecule has 0 fully saturated rings. The van der Waals surface area contributed by atoms with Crippen LogP contribution in [0.1, 0.15) is 50.9 Å². The molecule has 4 heteroatoms. The van der Waals surface area contributed by atoms with Crippen LogP contribution in [0, 0.1) is 6.92 Å². The first-order valence-electron chi connectivity index (χ1n) is 6.70. The van der Waals surface area contributed by atoms with Gasteiger partial charge in [-0.15, -0.1) is 0 Å². The average molecular weight is 238 g/mol. The van der Waals surface area contributed by atoms with Crippen LogP contribution in [0.4, 0.5) is 0 Å². The molecule has 1 heterocycles. The second kappa shape index (κ2) is 7.45. The van der Waals surface area contributed by atoms with Crippen molar-refractivity contribution < 1.29 is 0 Å². The van der Waals surface area contributed by atoms with Crippen LogP contribution in [0.15, 0.2) is 6.07 Å². The Morgan fingerprint density at radius 3 is 2.76 bits per heavy atom. The highest BCUT2D eigenvalue weighted by Gasteiger charge is 2.11. The zero-order valence-corrected chi connectivity index (χ0v) is 11.4. The minimum absolute atomic E-state index is 0.364. The fourth-order valence-corrected chi connectivity index (χ4v) is 2.17. The third kappa shape index (κ3) is 4.48. The summed E-state index contributed by atoms with van der Waals surface area (Å²) >= 11 is 0. The summed E-state index contributed by atoms with van der Waals surface area (Å²) in [4.78, 5) is 0. The van der Waals surface area contributed by atoms with Crippen molar-refractivity contribution in [3.8, 4) is 0 Å². The van der Waals surface area contributed by atoms with Crippen molar-refractivity contribution in [3.63, 3.8) is 0 Å². The van der Waals surface area contributed by atoms with E-state index < -0.39 is 0 Å². The molecule has 1 unspecified atom stereocenters. The molecule has 98 valence electrons. The van der Waals surface area contributed by atoms with Gasteiger partial charge in [0, 0.05) is 24.7 Å². The molecule has 4 nitrogen and oxygen atoms in total. The van der Waals surface area contributed by atoms with Gasteiger partial charge in [-0.05, 0) is 26.3 Å². The van der Waals surface area contributed by atoms with Crippen LogP contribution in [0.5, 0.6) is 0 Å². The topological polar surface area (TPSA) is 55.9 Å².